The predicted octanol–water partition coefficient (Wildman–Crippen LogP) is 8.13. The quantitative estimate of drug-likeness (QED) is 0.0139. The van der Waals surface area contributed by atoms with Crippen LogP contribution in [0.1, 0.15) is 184 Å². The van der Waals surface area contributed by atoms with Crippen molar-refractivity contribution in [2.45, 2.75) is 201 Å². The Balaban J connectivity index is 1.18. The number of anilines is 1. The van der Waals surface area contributed by atoms with Crippen LogP contribution in [-0.2, 0) is 66.3 Å². The second kappa shape index (κ2) is 37.2. The first-order valence-corrected chi connectivity index (χ1v) is 39.3. The maximum absolute atomic E-state index is 15.1. The van der Waals surface area contributed by atoms with Gasteiger partial charge < -0.3 is 94.4 Å². The Bertz CT molecular complexity index is 3940. The van der Waals surface area contributed by atoms with E-state index in [1.807, 2.05) is 6.92 Å². The summed E-state index contributed by atoms with van der Waals surface area (Å²) >= 11 is 0. The number of esters is 3. The molecule has 1 spiro atoms. The number of nitrogens with zero attached hydrogens (tertiary/aromatic N) is 2. The second-order valence-electron chi connectivity index (χ2n) is 28.5. The van der Waals surface area contributed by atoms with Gasteiger partial charge >= 0.3 is 45.0 Å². The van der Waals surface area contributed by atoms with Crippen molar-refractivity contribution in [2.75, 3.05) is 45.4 Å². The molecule has 2 aromatic carbocycles. The number of amides is 4. The second-order valence-corrected chi connectivity index (χ2v) is 32.3. The van der Waals surface area contributed by atoms with E-state index in [2.05, 4.69) is 45.3 Å². The highest BCUT2D eigenvalue weighted by molar-refractivity contribution is 7.71. The molecule has 107 heavy (non-hydrogen) atoms. The number of ketones is 2. The number of piperidine rings is 1. The molecule has 1 fully saturated rings. The molecule has 5 heterocycles. The average molecular weight is 1540 g/mol. The Labute approximate surface area is 622 Å². The summed E-state index contributed by atoms with van der Waals surface area (Å²) in [6.45, 7) is 19.9. The van der Waals surface area contributed by atoms with Gasteiger partial charge in [0.2, 0.25) is 24.4 Å². The number of hydrogen-bond acceptors (Lipinski definition) is 23. The van der Waals surface area contributed by atoms with E-state index < -0.39 is 165 Å². The van der Waals surface area contributed by atoms with E-state index in [-0.39, 0.29) is 80.3 Å². The number of benzene rings is 2. The zero-order valence-corrected chi connectivity index (χ0v) is 64.5. The lowest BCUT2D eigenvalue weighted by atomic mass is 9.78. The molecule has 2 aromatic rings. The first-order valence-electron chi connectivity index (χ1n) is 36.0. The van der Waals surface area contributed by atoms with E-state index in [9.17, 15) is 72.5 Å². The molecule has 0 aromatic heterocycles. The number of phenols is 1. The molecule has 0 radical (unpaired) electrons. The van der Waals surface area contributed by atoms with Crippen molar-refractivity contribution in [2.24, 2.45) is 34.6 Å². The molecule has 31 nitrogen and oxygen atoms in total. The summed E-state index contributed by atoms with van der Waals surface area (Å²) < 4.78 is 65.3. The van der Waals surface area contributed by atoms with Gasteiger partial charge in [-0.05, 0) is 62.0 Å². The van der Waals surface area contributed by atoms with Crippen molar-refractivity contribution >= 4 is 86.0 Å². The maximum atomic E-state index is 15.1. The van der Waals surface area contributed by atoms with Gasteiger partial charge in [0.15, 0.2) is 5.40 Å². The van der Waals surface area contributed by atoms with E-state index in [1.165, 1.54) is 96.6 Å². The highest BCUT2D eigenvalue weighted by Crippen LogP contribution is 2.64. The Morgan fingerprint density at radius 2 is 1.48 bits per heavy atom. The lowest BCUT2D eigenvalue weighted by Gasteiger charge is -2.39. The molecule has 5 bridgehead atoms. The van der Waals surface area contributed by atoms with Crippen LogP contribution in [0.2, 0.25) is 0 Å². The van der Waals surface area contributed by atoms with Crippen LogP contribution in [0.15, 0.2) is 82.4 Å². The van der Waals surface area contributed by atoms with Crippen LogP contribution in [0.4, 0.5) is 10.5 Å². The monoisotopic (exact) mass is 1540 g/mol. The zero-order valence-electron chi connectivity index (χ0n) is 62.8. The number of ether oxygens (including phenoxy) is 7. The number of aliphatic hydroxyl groups is 1. The van der Waals surface area contributed by atoms with Gasteiger partial charge in [0, 0.05) is 106 Å². The van der Waals surface area contributed by atoms with Gasteiger partial charge in [-0.15, -0.1) is 0 Å². The summed E-state index contributed by atoms with van der Waals surface area (Å²) in [6.07, 6.45) is 6.71. The number of methoxy groups -OCH3 is 1. The minimum absolute atomic E-state index is 0.00606. The molecule has 11 N–H and O–H groups in total. The van der Waals surface area contributed by atoms with E-state index in [1.54, 1.807) is 33.8 Å². The minimum atomic E-state index is -5.39. The Morgan fingerprint density at radius 1 is 0.832 bits per heavy atom. The van der Waals surface area contributed by atoms with Crippen LogP contribution in [0.3, 0.4) is 0 Å². The van der Waals surface area contributed by atoms with Crippen LogP contribution in [0, 0.1) is 36.5 Å². The number of carbonyl (C=O) groups excluding carboxylic acids is 9. The molecule has 1 saturated heterocycles. The number of aromatic hydroxyl groups is 1. The predicted molar refractivity (Wildman–Crippen MR) is 392 cm³/mol. The molecule has 4 amide bonds. The van der Waals surface area contributed by atoms with E-state index >= 15 is 9.59 Å². The number of hydrogen-bond donors (Lipinski definition) is 11. The highest BCUT2D eigenvalue weighted by atomic mass is 31.2. The molecular weight excluding hydrogens is 1430 g/mol. The Hall–Kier alpha value is -8.38. The van der Waals surface area contributed by atoms with Crippen molar-refractivity contribution in [3.8, 4) is 11.5 Å². The number of fused-ring (bicyclic) bond motifs is 13. The number of phenolic OH excluding ortho intramolecular Hbond substituents is 1. The molecule has 1 aliphatic carbocycles. The number of alkyl carbamates (subject to hydrolysis) is 1. The lowest BCUT2D eigenvalue weighted by Crippen LogP contribution is -2.50. The molecule has 0 unspecified atom stereocenters. The van der Waals surface area contributed by atoms with Crippen molar-refractivity contribution in [1.29, 1.82) is 0 Å². The number of Topliss-reactive ketones (excluding diaryl/α,β-unsaturated/α-hetero) is 2. The van der Waals surface area contributed by atoms with Crippen LogP contribution in [-0.4, -0.2) is 181 Å². The van der Waals surface area contributed by atoms with E-state index in [0.717, 1.165) is 32.2 Å². The van der Waals surface area contributed by atoms with E-state index in [4.69, 9.17) is 38.2 Å². The number of nitrogens with one attached hydrogen (secondary N) is 5. The zero-order chi connectivity index (χ0) is 79.2. The first-order chi connectivity index (χ1) is 50.3. The third-order valence-corrected chi connectivity index (χ3v) is 23.4. The van der Waals surface area contributed by atoms with Crippen molar-refractivity contribution in [3.63, 3.8) is 0 Å². The lowest BCUT2D eigenvalue weighted by molar-refractivity contribution is -0.165. The maximum Gasteiger partial charge on any atom is 0.410 e. The number of carbonyl (C=O) groups is 9. The molecule has 5 aliphatic heterocycles. The number of aliphatic imine (C=N–C) groups is 1. The molecule has 8 rings (SSSR count). The topological polar surface area (TPSA) is 450 Å². The van der Waals surface area contributed by atoms with Crippen LogP contribution in [0.5, 0.6) is 11.5 Å². The largest absolute Gasteiger partial charge is 0.507 e. The smallest absolute Gasteiger partial charge is 0.410 e. The summed E-state index contributed by atoms with van der Waals surface area (Å²) in [6, 6.07) is 3.71. The number of allylic oxidation sites excluding steroid dienone is 5. The van der Waals surface area contributed by atoms with Crippen molar-refractivity contribution in [3.05, 3.63) is 105 Å². The standard InChI is InChI=1S/C74H103N7O24P2/c1-14-16-17-18-19-20-24-49(71(106(93,94)95)107(96,97)98)35-48-25-27-50(28-26-48)76-53(83)36-51(77-72(92)101-39-100-54(84)15-2)70(91)75-37-55(85)104-65-41(5)22-21-23-42(6)69(90)78-61-60-59(79-74(80-60)30-32-81(33-31-74)38-40(3)4)56-57(64(61)88)63(87)46(10)67-58(56)68(89)73(12,105-67)102-34-29-52(99-13)43(7)66(103-47(11)82)45(9)62(86)44(65)8/h21-23,25-29,34-35,40-41,43-45,51-52,62,65-66,71,80,86-87H,14-20,24,30-33,36-39H2,1-13H3,(H,75,91)(H,76,83)(H,77,92)(H,78,90)(H2,93,94,95)(H2,96,97,98)/b22-21+,34-29+,42-23-,49-35+/t41-,43+,44-,45+,51+,52-,62+,65-,66+,73-/m0/s1. The normalized spacial score (nSPS) is 24.9. The van der Waals surface area contributed by atoms with Crippen molar-refractivity contribution < 1.29 is 115 Å². The molecule has 588 valence electrons. The fourth-order valence-electron chi connectivity index (χ4n) is 13.9. The van der Waals surface area contributed by atoms with Gasteiger partial charge in [0.1, 0.15) is 47.7 Å². The van der Waals surface area contributed by atoms with Gasteiger partial charge in [0.05, 0.1) is 47.4 Å². The van der Waals surface area contributed by atoms with Gasteiger partial charge in [-0.3, -0.25) is 52.5 Å². The van der Waals surface area contributed by atoms with Crippen LogP contribution >= 0.6 is 15.2 Å². The van der Waals surface area contributed by atoms with Crippen LogP contribution in [0.25, 0.3) is 6.08 Å². The third kappa shape index (κ3) is 21.7. The van der Waals surface area contributed by atoms with Gasteiger partial charge in [-0.2, -0.15) is 0 Å². The number of unbranched alkanes of at least 4 members (excludes halogenated alkanes) is 5. The fraction of sp³-hybridized carbons (Fsp3) is 0.568. The van der Waals surface area contributed by atoms with Crippen molar-refractivity contribution in [1.82, 2.24) is 26.2 Å². The molecule has 10 atom stereocenters. The SMILES string of the molecule is CCCCCCCC/C(=C\c1ccc(NC(=O)C[C@@H](NC(=O)OCOC(=O)CC)C(=O)NCC(=O)O[C@@H]2[C@@H](C)[C@@H](O)[C@@H](C)[C@H](OC(C)=O)[C@H](C)[C@@H](OC)/C=C/O[C@@]3(C)Oc4c(C)c(O)c5c(c4C3=O)C3=NC4(CCN(CC(C)C)CC4)NC3=C(NC(=O)/C(C)=C\C=C\[C@@H]2C)C5=O)cc1)C(P(=O)(O)O)P(=O)(O)O. The van der Waals surface area contributed by atoms with Gasteiger partial charge in [0.25, 0.3) is 11.7 Å². The first kappa shape index (κ1) is 85.9. The molecule has 0 saturated carbocycles. The number of aliphatic hydroxyl groups excluding tert-OH is 1. The summed E-state index contributed by atoms with van der Waals surface area (Å²) in [4.78, 5) is 173. The number of likely N-dealkylation sites (tertiary alicyclic amines) is 1. The Kier molecular flexibility index (Phi) is 29.8. The average Bonchev–Trinajstić information content (AvgIpc) is 1.56. The summed E-state index contributed by atoms with van der Waals surface area (Å²) in [5, 5.41) is 35.5. The number of rotatable bonds is 26. The Morgan fingerprint density at radius 3 is 2.09 bits per heavy atom. The summed E-state index contributed by atoms with van der Waals surface area (Å²) in [7, 11) is -9.41. The molecular formula is C74H103N7O24P2. The fourth-order valence-corrected chi connectivity index (χ4v) is 16.7. The highest BCUT2D eigenvalue weighted by Gasteiger charge is 2.55. The summed E-state index contributed by atoms with van der Waals surface area (Å²) in [5.41, 5.74) is -1.11. The molecule has 6 aliphatic rings. The molecule has 33 heteroatoms. The van der Waals surface area contributed by atoms with Gasteiger partial charge in [-0.25, -0.2) is 4.79 Å². The third-order valence-electron chi connectivity index (χ3n) is 19.6. The van der Waals surface area contributed by atoms with Gasteiger partial charge in [-0.1, -0.05) is 124 Å². The van der Waals surface area contributed by atoms with E-state index in [0.29, 0.717) is 44.7 Å². The van der Waals surface area contributed by atoms with Crippen LogP contribution < -0.4 is 31.3 Å². The minimum Gasteiger partial charge on any atom is -0.507 e. The summed E-state index contributed by atoms with van der Waals surface area (Å²) in [5.74, 6) is -13.0.